The highest BCUT2D eigenvalue weighted by molar-refractivity contribution is 5.86. The number of hydrogen-bond acceptors (Lipinski definition) is 3. The Kier molecular flexibility index (Phi) is 7.17. The second-order valence-corrected chi connectivity index (χ2v) is 6.20. The van der Waals surface area contributed by atoms with Gasteiger partial charge in [-0.2, -0.15) is 13.2 Å². The lowest BCUT2D eigenvalue weighted by Crippen LogP contribution is -2.48. The van der Waals surface area contributed by atoms with Gasteiger partial charge in [-0.25, -0.2) is 0 Å². The number of alkyl halides is 3. The maximum absolute atomic E-state index is 12.8. The van der Waals surface area contributed by atoms with Crippen LogP contribution in [0.5, 0.6) is 0 Å². The van der Waals surface area contributed by atoms with E-state index in [-0.39, 0.29) is 25.0 Å². The van der Waals surface area contributed by atoms with Crippen molar-refractivity contribution in [3.8, 4) is 11.1 Å². The smallest absolute Gasteiger partial charge is 0.382 e. The Hall–Kier alpha value is -2.87. The molecule has 0 aliphatic carbocycles. The van der Waals surface area contributed by atoms with Gasteiger partial charge in [0, 0.05) is 20.6 Å². The van der Waals surface area contributed by atoms with Crippen LogP contribution in [-0.4, -0.2) is 31.6 Å². The molecule has 0 radical (unpaired) electrons. The summed E-state index contributed by atoms with van der Waals surface area (Å²) < 4.78 is 43.5. The molecule has 0 aliphatic rings. The van der Waals surface area contributed by atoms with Crippen molar-refractivity contribution < 1.29 is 27.5 Å². The van der Waals surface area contributed by atoms with Crippen LogP contribution in [0.15, 0.2) is 48.5 Å². The lowest BCUT2D eigenvalue weighted by Gasteiger charge is -2.16. The van der Waals surface area contributed by atoms with Crippen LogP contribution in [0.4, 0.5) is 13.2 Å². The largest absolute Gasteiger partial charge is 0.416 e. The normalized spacial score (nSPS) is 12.3. The molecule has 0 aromatic heterocycles. The number of hydrogen-bond donors (Lipinski definition) is 2. The second kappa shape index (κ2) is 9.36. The number of carbonyl (C=O) groups is 2. The molecule has 2 rings (SSSR count). The standard InChI is InChI=1S/C20H21F3N2O3/c1-13(26)25-18(12-28-2)19(27)24-11-14-6-8-15(9-7-14)16-4-3-5-17(10-16)20(21,22)23/h3-10,18H,11-12H2,1-2H3,(H,24,27)(H,25,26)/t18-/m1/s1. The first kappa shape index (κ1) is 21.4. The van der Waals surface area contributed by atoms with Crippen LogP contribution in [0.3, 0.4) is 0 Å². The minimum atomic E-state index is -4.40. The van der Waals surface area contributed by atoms with Gasteiger partial charge in [0.05, 0.1) is 12.2 Å². The highest BCUT2D eigenvalue weighted by Crippen LogP contribution is 2.32. The SMILES string of the molecule is COC[C@@H](NC(C)=O)C(=O)NCc1ccc(-c2cccc(C(F)(F)F)c2)cc1. The van der Waals surface area contributed by atoms with Gasteiger partial charge in [-0.3, -0.25) is 9.59 Å². The molecule has 1 atom stereocenters. The van der Waals surface area contributed by atoms with Crippen LogP contribution in [0.1, 0.15) is 18.1 Å². The zero-order valence-corrected chi connectivity index (χ0v) is 15.5. The summed E-state index contributed by atoms with van der Waals surface area (Å²) >= 11 is 0. The molecule has 2 aromatic rings. The van der Waals surface area contributed by atoms with Crippen LogP contribution < -0.4 is 10.6 Å². The predicted octanol–water partition coefficient (Wildman–Crippen LogP) is 3.14. The maximum Gasteiger partial charge on any atom is 0.416 e. The molecule has 0 spiro atoms. The summed E-state index contributed by atoms with van der Waals surface area (Å²) in [4.78, 5) is 23.3. The quantitative estimate of drug-likeness (QED) is 0.758. The van der Waals surface area contributed by atoms with Crippen molar-refractivity contribution >= 4 is 11.8 Å². The van der Waals surface area contributed by atoms with E-state index in [0.717, 1.165) is 17.7 Å². The summed E-state index contributed by atoms with van der Waals surface area (Å²) in [5.74, 6) is -0.735. The molecule has 8 heteroatoms. The van der Waals surface area contributed by atoms with E-state index in [0.29, 0.717) is 11.1 Å². The molecule has 0 heterocycles. The zero-order valence-electron chi connectivity index (χ0n) is 15.5. The lowest BCUT2D eigenvalue weighted by molar-refractivity contribution is -0.137. The third-order valence-electron chi connectivity index (χ3n) is 3.97. The van der Waals surface area contributed by atoms with Crippen molar-refractivity contribution in [2.75, 3.05) is 13.7 Å². The van der Waals surface area contributed by atoms with E-state index in [4.69, 9.17) is 4.74 Å². The van der Waals surface area contributed by atoms with Crippen molar-refractivity contribution in [3.63, 3.8) is 0 Å². The Morgan fingerprint density at radius 3 is 2.32 bits per heavy atom. The van der Waals surface area contributed by atoms with Crippen LogP contribution >= 0.6 is 0 Å². The third-order valence-corrected chi connectivity index (χ3v) is 3.97. The van der Waals surface area contributed by atoms with Gasteiger partial charge in [0.1, 0.15) is 6.04 Å². The molecule has 2 amide bonds. The van der Waals surface area contributed by atoms with Crippen LogP contribution in [0.2, 0.25) is 0 Å². The number of amides is 2. The Morgan fingerprint density at radius 2 is 1.75 bits per heavy atom. The van der Waals surface area contributed by atoms with Gasteiger partial charge < -0.3 is 15.4 Å². The number of halogens is 3. The molecule has 5 nitrogen and oxygen atoms in total. The summed E-state index contributed by atoms with van der Waals surface area (Å²) in [6.45, 7) is 1.56. The van der Waals surface area contributed by atoms with E-state index in [1.807, 2.05) is 0 Å². The van der Waals surface area contributed by atoms with E-state index < -0.39 is 17.8 Å². The average molecular weight is 394 g/mol. The summed E-state index contributed by atoms with van der Waals surface area (Å²) in [5, 5.41) is 5.19. The minimum absolute atomic E-state index is 0.0416. The number of ether oxygens (including phenoxy) is 1. The summed E-state index contributed by atoms with van der Waals surface area (Å²) in [6, 6.07) is 11.1. The first-order valence-electron chi connectivity index (χ1n) is 8.51. The first-order chi connectivity index (χ1) is 13.2. The highest BCUT2D eigenvalue weighted by Gasteiger charge is 2.30. The highest BCUT2D eigenvalue weighted by atomic mass is 19.4. The minimum Gasteiger partial charge on any atom is -0.382 e. The molecule has 28 heavy (non-hydrogen) atoms. The first-order valence-corrected chi connectivity index (χ1v) is 8.51. The van der Waals surface area contributed by atoms with Crippen LogP contribution in [0, 0.1) is 0 Å². The Morgan fingerprint density at radius 1 is 1.07 bits per heavy atom. The van der Waals surface area contributed by atoms with Gasteiger partial charge >= 0.3 is 6.18 Å². The van der Waals surface area contributed by atoms with Crippen molar-refractivity contribution in [3.05, 3.63) is 59.7 Å². The van der Waals surface area contributed by atoms with E-state index in [2.05, 4.69) is 10.6 Å². The molecule has 2 aromatic carbocycles. The zero-order chi connectivity index (χ0) is 20.7. The van der Waals surface area contributed by atoms with Crippen molar-refractivity contribution in [1.29, 1.82) is 0 Å². The monoisotopic (exact) mass is 394 g/mol. The van der Waals surface area contributed by atoms with Gasteiger partial charge in [0.15, 0.2) is 0 Å². The number of nitrogens with one attached hydrogen (secondary N) is 2. The molecule has 0 saturated carbocycles. The lowest BCUT2D eigenvalue weighted by atomic mass is 10.0. The Balaban J connectivity index is 2.03. The molecule has 2 N–H and O–H groups in total. The van der Waals surface area contributed by atoms with Crippen LogP contribution in [0.25, 0.3) is 11.1 Å². The number of rotatable bonds is 7. The summed E-state index contributed by atoms with van der Waals surface area (Å²) in [6.07, 6.45) is -4.40. The van der Waals surface area contributed by atoms with Crippen molar-refractivity contribution in [2.24, 2.45) is 0 Å². The van der Waals surface area contributed by atoms with Gasteiger partial charge in [0.2, 0.25) is 11.8 Å². The van der Waals surface area contributed by atoms with Gasteiger partial charge in [-0.15, -0.1) is 0 Å². The number of methoxy groups -OCH3 is 1. The van der Waals surface area contributed by atoms with Crippen molar-refractivity contribution in [2.45, 2.75) is 25.7 Å². The fourth-order valence-electron chi connectivity index (χ4n) is 2.60. The van der Waals surface area contributed by atoms with E-state index in [1.54, 1.807) is 30.3 Å². The van der Waals surface area contributed by atoms with Gasteiger partial charge in [-0.1, -0.05) is 36.4 Å². The van der Waals surface area contributed by atoms with Gasteiger partial charge in [-0.05, 0) is 28.8 Å². The predicted molar refractivity (Wildman–Crippen MR) is 98.2 cm³/mol. The van der Waals surface area contributed by atoms with Gasteiger partial charge in [0.25, 0.3) is 0 Å². The molecular formula is C20H21F3N2O3. The number of benzene rings is 2. The van der Waals surface area contributed by atoms with Crippen LogP contribution in [-0.2, 0) is 27.0 Å². The molecule has 0 saturated heterocycles. The van der Waals surface area contributed by atoms with E-state index in [9.17, 15) is 22.8 Å². The fraction of sp³-hybridized carbons (Fsp3) is 0.300. The molecule has 0 bridgehead atoms. The fourth-order valence-corrected chi connectivity index (χ4v) is 2.60. The summed E-state index contributed by atoms with van der Waals surface area (Å²) in [5.41, 5.74) is 1.15. The molecule has 0 fully saturated rings. The number of carbonyl (C=O) groups excluding carboxylic acids is 2. The second-order valence-electron chi connectivity index (χ2n) is 6.20. The average Bonchev–Trinajstić information content (AvgIpc) is 2.65. The molecule has 150 valence electrons. The Labute approximate surface area is 160 Å². The van der Waals surface area contributed by atoms with E-state index in [1.165, 1.54) is 20.1 Å². The Bertz CT molecular complexity index is 820. The molecule has 0 aliphatic heterocycles. The third kappa shape index (κ3) is 6.09. The summed E-state index contributed by atoms with van der Waals surface area (Å²) in [7, 11) is 1.43. The maximum atomic E-state index is 12.8. The topological polar surface area (TPSA) is 67.4 Å². The molecule has 0 unspecified atom stereocenters. The molecular weight excluding hydrogens is 373 g/mol. The van der Waals surface area contributed by atoms with E-state index >= 15 is 0 Å². The van der Waals surface area contributed by atoms with Crippen molar-refractivity contribution in [1.82, 2.24) is 10.6 Å².